The van der Waals surface area contributed by atoms with Gasteiger partial charge in [0.25, 0.3) is 5.91 Å². The number of ether oxygens (including phenoxy) is 1. The van der Waals surface area contributed by atoms with Crippen LogP contribution in [0.2, 0.25) is 0 Å². The Kier molecular flexibility index (Phi) is 7.58. The highest BCUT2D eigenvalue weighted by molar-refractivity contribution is 9.10. The van der Waals surface area contributed by atoms with E-state index >= 15 is 0 Å². The van der Waals surface area contributed by atoms with Gasteiger partial charge in [-0.2, -0.15) is 0 Å². The van der Waals surface area contributed by atoms with Crippen LogP contribution in [0.1, 0.15) is 12.5 Å². The predicted molar refractivity (Wildman–Crippen MR) is 110 cm³/mol. The van der Waals surface area contributed by atoms with Crippen LogP contribution in [0, 0.1) is 0 Å². The van der Waals surface area contributed by atoms with E-state index in [0.717, 1.165) is 4.47 Å². The van der Waals surface area contributed by atoms with Gasteiger partial charge in [0.2, 0.25) is 10.0 Å². The normalized spacial score (nSPS) is 12.2. The first-order valence-electron chi connectivity index (χ1n) is 8.19. The molecule has 0 heterocycles. The lowest BCUT2D eigenvalue weighted by atomic mass is 10.2. The Hall–Kier alpha value is -2.16. The highest BCUT2D eigenvalue weighted by atomic mass is 79.9. The molecule has 0 aliphatic carbocycles. The number of nitrogens with one attached hydrogen (secondary N) is 2. The van der Waals surface area contributed by atoms with Gasteiger partial charge in [-0.3, -0.25) is 4.79 Å². The summed E-state index contributed by atoms with van der Waals surface area (Å²) in [6.45, 7) is 5.32. The van der Waals surface area contributed by atoms with Crippen molar-refractivity contribution in [1.29, 1.82) is 0 Å². The average molecular weight is 453 g/mol. The molecule has 6 nitrogen and oxygen atoms in total. The number of benzene rings is 2. The summed E-state index contributed by atoms with van der Waals surface area (Å²) >= 11 is 3.34. The van der Waals surface area contributed by atoms with Crippen molar-refractivity contribution in [2.75, 3.05) is 11.9 Å². The Balaban J connectivity index is 1.92. The summed E-state index contributed by atoms with van der Waals surface area (Å²) in [7, 11) is -3.42. The Morgan fingerprint density at radius 3 is 2.41 bits per heavy atom. The standard InChI is InChI=1S/C19H21BrN2O4S/c1-3-12-21-27(24,25)13-15-4-8-17(9-5-15)22-19(23)14(2)26-18-10-6-16(20)7-11-18/h3-11,14,21H,1,12-13H2,2H3,(H,22,23). The van der Waals surface area contributed by atoms with Crippen molar-refractivity contribution in [2.45, 2.75) is 18.8 Å². The SMILES string of the molecule is C=CCNS(=O)(=O)Cc1ccc(NC(=O)C(C)Oc2ccc(Br)cc2)cc1. The third kappa shape index (κ3) is 7.16. The molecular weight excluding hydrogens is 432 g/mol. The maximum Gasteiger partial charge on any atom is 0.265 e. The van der Waals surface area contributed by atoms with Crippen molar-refractivity contribution in [3.05, 3.63) is 71.2 Å². The fourth-order valence-electron chi connectivity index (χ4n) is 2.16. The van der Waals surface area contributed by atoms with Crippen LogP contribution in [0.3, 0.4) is 0 Å². The summed E-state index contributed by atoms with van der Waals surface area (Å²) in [5.74, 6) is 0.150. The van der Waals surface area contributed by atoms with Crippen LogP contribution in [0.4, 0.5) is 5.69 Å². The number of rotatable bonds is 9. The van der Waals surface area contributed by atoms with Crippen molar-refractivity contribution in [3.8, 4) is 5.75 Å². The van der Waals surface area contributed by atoms with Gasteiger partial charge in [0.05, 0.1) is 5.75 Å². The molecule has 0 aromatic heterocycles. The molecule has 27 heavy (non-hydrogen) atoms. The summed E-state index contributed by atoms with van der Waals surface area (Å²) in [4.78, 5) is 12.3. The molecule has 1 atom stereocenters. The van der Waals surface area contributed by atoms with Crippen LogP contribution in [0.25, 0.3) is 0 Å². The van der Waals surface area contributed by atoms with Crippen LogP contribution in [0.15, 0.2) is 65.7 Å². The molecule has 0 saturated heterocycles. The first-order valence-corrected chi connectivity index (χ1v) is 10.6. The molecule has 0 fully saturated rings. The van der Waals surface area contributed by atoms with Gasteiger partial charge >= 0.3 is 0 Å². The zero-order valence-electron chi connectivity index (χ0n) is 14.8. The summed E-state index contributed by atoms with van der Waals surface area (Å²) < 4.78 is 32.7. The molecule has 0 bridgehead atoms. The molecule has 2 rings (SSSR count). The summed E-state index contributed by atoms with van der Waals surface area (Å²) in [6, 6.07) is 13.8. The smallest absolute Gasteiger partial charge is 0.265 e. The van der Waals surface area contributed by atoms with E-state index in [1.807, 2.05) is 12.1 Å². The van der Waals surface area contributed by atoms with Gasteiger partial charge in [0.1, 0.15) is 5.75 Å². The fourth-order valence-corrected chi connectivity index (χ4v) is 3.52. The molecule has 2 aromatic carbocycles. The van der Waals surface area contributed by atoms with E-state index in [9.17, 15) is 13.2 Å². The van der Waals surface area contributed by atoms with E-state index in [-0.39, 0.29) is 18.2 Å². The molecule has 8 heteroatoms. The molecule has 1 amide bonds. The molecule has 2 N–H and O–H groups in total. The number of halogens is 1. The third-order valence-corrected chi connectivity index (χ3v) is 5.37. The van der Waals surface area contributed by atoms with Gasteiger partial charge in [0, 0.05) is 16.7 Å². The highest BCUT2D eigenvalue weighted by Crippen LogP contribution is 2.18. The number of carbonyl (C=O) groups excluding carboxylic acids is 1. The lowest BCUT2D eigenvalue weighted by molar-refractivity contribution is -0.122. The summed E-state index contributed by atoms with van der Waals surface area (Å²) in [5, 5.41) is 2.75. The first-order chi connectivity index (χ1) is 12.8. The first kappa shape index (κ1) is 21.1. The number of sulfonamides is 1. The monoisotopic (exact) mass is 452 g/mol. The van der Waals surface area contributed by atoms with Gasteiger partial charge in [-0.1, -0.05) is 34.1 Å². The Labute approximate surface area is 167 Å². The molecule has 0 aliphatic rings. The van der Waals surface area contributed by atoms with Crippen LogP contribution in [-0.4, -0.2) is 27.0 Å². The fraction of sp³-hybridized carbons (Fsp3) is 0.211. The lowest BCUT2D eigenvalue weighted by Gasteiger charge is -2.15. The van der Waals surface area contributed by atoms with Crippen molar-refractivity contribution >= 4 is 37.5 Å². The van der Waals surface area contributed by atoms with Crippen molar-refractivity contribution in [3.63, 3.8) is 0 Å². The van der Waals surface area contributed by atoms with E-state index in [4.69, 9.17) is 4.74 Å². The molecule has 1 unspecified atom stereocenters. The summed E-state index contributed by atoms with van der Waals surface area (Å²) in [6.07, 6.45) is 0.794. The van der Waals surface area contributed by atoms with Gasteiger partial charge in [0.15, 0.2) is 6.10 Å². The summed E-state index contributed by atoms with van der Waals surface area (Å²) in [5.41, 5.74) is 1.18. The van der Waals surface area contributed by atoms with Crippen LogP contribution in [-0.2, 0) is 20.6 Å². The Morgan fingerprint density at radius 1 is 1.19 bits per heavy atom. The Bertz CT molecular complexity index is 881. The molecule has 144 valence electrons. The molecule has 0 aliphatic heterocycles. The number of hydrogen-bond acceptors (Lipinski definition) is 4. The number of hydrogen-bond donors (Lipinski definition) is 2. The molecule has 2 aromatic rings. The van der Waals surface area contributed by atoms with Crippen LogP contribution in [0.5, 0.6) is 5.75 Å². The minimum atomic E-state index is -3.42. The van der Waals surface area contributed by atoms with Crippen molar-refractivity contribution in [2.24, 2.45) is 0 Å². The second kappa shape index (κ2) is 9.68. The highest BCUT2D eigenvalue weighted by Gasteiger charge is 2.15. The van der Waals surface area contributed by atoms with E-state index < -0.39 is 16.1 Å². The second-order valence-corrected chi connectivity index (χ2v) is 8.52. The molecule has 0 radical (unpaired) electrons. The second-order valence-electron chi connectivity index (χ2n) is 5.80. The zero-order valence-corrected chi connectivity index (χ0v) is 17.2. The van der Waals surface area contributed by atoms with Gasteiger partial charge in [-0.25, -0.2) is 13.1 Å². The van der Waals surface area contributed by atoms with E-state index in [1.54, 1.807) is 43.3 Å². The zero-order chi connectivity index (χ0) is 19.9. The molecule has 0 saturated carbocycles. The van der Waals surface area contributed by atoms with E-state index in [1.165, 1.54) is 6.08 Å². The van der Waals surface area contributed by atoms with Gasteiger partial charge in [-0.15, -0.1) is 6.58 Å². The minimum absolute atomic E-state index is 0.141. The lowest BCUT2D eigenvalue weighted by Crippen LogP contribution is -2.30. The number of amides is 1. The largest absolute Gasteiger partial charge is 0.481 e. The molecule has 0 spiro atoms. The predicted octanol–water partition coefficient (Wildman–Crippen LogP) is 3.46. The quantitative estimate of drug-likeness (QED) is 0.570. The van der Waals surface area contributed by atoms with Crippen LogP contribution >= 0.6 is 15.9 Å². The van der Waals surface area contributed by atoms with Gasteiger partial charge in [-0.05, 0) is 48.9 Å². The maximum atomic E-state index is 12.3. The average Bonchev–Trinajstić information content (AvgIpc) is 2.63. The number of carbonyl (C=O) groups is 1. The Morgan fingerprint density at radius 2 is 1.81 bits per heavy atom. The topological polar surface area (TPSA) is 84.5 Å². The van der Waals surface area contributed by atoms with Gasteiger partial charge < -0.3 is 10.1 Å². The number of anilines is 1. The van der Waals surface area contributed by atoms with E-state index in [0.29, 0.717) is 17.0 Å². The van der Waals surface area contributed by atoms with E-state index in [2.05, 4.69) is 32.5 Å². The van der Waals surface area contributed by atoms with Crippen molar-refractivity contribution in [1.82, 2.24) is 4.72 Å². The minimum Gasteiger partial charge on any atom is -0.481 e. The third-order valence-electron chi connectivity index (χ3n) is 3.52. The van der Waals surface area contributed by atoms with Crippen LogP contribution < -0.4 is 14.8 Å². The van der Waals surface area contributed by atoms with Crippen molar-refractivity contribution < 1.29 is 17.9 Å². The maximum absolute atomic E-state index is 12.3. The molecular formula is C19H21BrN2O4S.